The lowest BCUT2D eigenvalue weighted by Gasteiger charge is -2.29. The van der Waals surface area contributed by atoms with E-state index in [1.165, 1.54) is 11.1 Å². The van der Waals surface area contributed by atoms with Gasteiger partial charge in [-0.1, -0.05) is 0 Å². The number of halogens is 1. The lowest BCUT2D eigenvalue weighted by Crippen LogP contribution is -2.43. The lowest BCUT2D eigenvalue weighted by atomic mass is 9.99. The van der Waals surface area contributed by atoms with Crippen molar-refractivity contribution in [3.63, 3.8) is 0 Å². The van der Waals surface area contributed by atoms with Crippen LogP contribution in [0.3, 0.4) is 0 Å². The van der Waals surface area contributed by atoms with Crippen LogP contribution < -0.4 is 20.1 Å². The highest BCUT2D eigenvalue weighted by Gasteiger charge is 2.29. The maximum atomic E-state index is 5.85. The van der Waals surface area contributed by atoms with E-state index >= 15 is 0 Å². The lowest BCUT2D eigenvalue weighted by molar-refractivity contribution is 0.0283. The fourth-order valence-electron chi connectivity index (χ4n) is 4.01. The first-order valence-electron chi connectivity index (χ1n) is 10.7. The van der Waals surface area contributed by atoms with Gasteiger partial charge in [0.2, 0.25) is 0 Å². The van der Waals surface area contributed by atoms with Crippen molar-refractivity contribution < 1.29 is 14.2 Å². The average molecular weight is 532 g/mol. The Labute approximate surface area is 197 Å². The molecule has 1 saturated heterocycles. The molecule has 2 aliphatic heterocycles. The van der Waals surface area contributed by atoms with Gasteiger partial charge in [0.15, 0.2) is 17.5 Å². The van der Waals surface area contributed by atoms with Crippen LogP contribution in [0.15, 0.2) is 17.1 Å². The molecule has 0 amide bonds. The smallest absolute Gasteiger partial charge is 0.191 e. The molecule has 1 unspecified atom stereocenters. The second kappa shape index (κ2) is 12.0. The third-order valence-electron chi connectivity index (χ3n) is 5.73. The van der Waals surface area contributed by atoms with Crippen molar-refractivity contribution in [1.29, 1.82) is 0 Å². The molecular weight excluding hydrogens is 495 g/mol. The number of rotatable bonds is 8. The summed E-state index contributed by atoms with van der Waals surface area (Å²) >= 11 is 0. The number of hydrogen-bond acceptors (Lipinski definition) is 5. The molecular formula is C22H37IN4O3. The summed E-state index contributed by atoms with van der Waals surface area (Å²) < 4.78 is 16.7. The minimum Gasteiger partial charge on any atom is -0.493 e. The molecule has 7 nitrogen and oxygen atoms in total. The second-order valence-corrected chi connectivity index (χ2v) is 8.03. The largest absolute Gasteiger partial charge is 0.493 e. The quantitative estimate of drug-likeness (QED) is 0.305. The van der Waals surface area contributed by atoms with E-state index in [9.17, 15) is 0 Å². The summed E-state index contributed by atoms with van der Waals surface area (Å²) in [6, 6.07) is 4.23. The molecule has 0 saturated carbocycles. The van der Waals surface area contributed by atoms with Crippen molar-refractivity contribution in [2.45, 2.75) is 45.3 Å². The van der Waals surface area contributed by atoms with Crippen LogP contribution in [0.25, 0.3) is 0 Å². The van der Waals surface area contributed by atoms with E-state index in [0.717, 1.165) is 76.1 Å². The summed E-state index contributed by atoms with van der Waals surface area (Å²) in [6.45, 7) is 10.4. The Hall–Kier alpha value is -1.26. The summed E-state index contributed by atoms with van der Waals surface area (Å²) in [4.78, 5) is 7.21. The minimum absolute atomic E-state index is 0. The first-order valence-corrected chi connectivity index (χ1v) is 10.7. The fourth-order valence-corrected chi connectivity index (χ4v) is 4.01. The van der Waals surface area contributed by atoms with Gasteiger partial charge in [-0.05, 0) is 56.4 Å². The molecule has 0 bridgehead atoms. The number of ether oxygens (including phenoxy) is 3. The number of benzene rings is 1. The van der Waals surface area contributed by atoms with Gasteiger partial charge in [0.25, 0.3) is 0 Å². The first kappa shape index (κ1) is 25.0. The number of fused-ring (bicyclic) bond motifs is 1. The van der Waals surface area contributed by atoms with Gasteiger partial charge in [-0.2, -0.15) is 0 Å². The Morgan fingerprint density at radius 2 is 1.93 bits per heavy atom. The van der Waals surface area contributed by atoms with E-state index in [-0.39, 0.29) is 29.6 Å². The Morgan fingerprint density at radius 1 is 1.20 bits per heavy atom. The zero-order chi connectivity index (χ0) is 20.7. The third kappa shape index (κ3) is 6.62. The standard InChI is InChI=1S/C22H36N4O3.HI/c1-5-23-21(25-16-22(2)8-6-12-29-22)24-9-11-26-10-7-17-13-19(27-3)20(28-4)14-18(17)15-26;/h13-14H,5-12,15-16H2,1-4H3,(H2,23,24,25);1H. The predicted molar refractivity (Wildman–Crippen MR) is 132 cm³/mol. The van der Waals surface area contributed by atoms with Crippen LogP contribution >= 0.6 is 24.0 Å². The average Bonchev–Trinajstić information content (AvgIpc) is 3.17. The summed E-state index contributed by atoms with van der Waals surface area (Å²) in [5.74, 6) is 2.48. The number of guanidine groups is 1. The Bertz CT molecular complexity index is 708. The maximum Gasteiger partial charge on any atom is 0.191 e. The van der Waals surface area contributed by atoms with E-state index in [1.807, 2.05) is 0 Å². The van der Waals surface area contributed by atoms with Gasteiger partial charge in [-0.3, -0.25) is 9.89 Å². The number of methoxy groups -OCH3 is 2. The van der Waals surface area contributed by atoms with Gasteiger partial charge in [0.1, 0.15) is 0 Å². The monoisotopic (exact) mass is 532 g/mol. The minimum atomic E-state index is -0.112. The van der Waals surface area contributed by atoms with Gasteiger partial charge < -0.3 is 24.8 Å². The normalized spacial score (nSPS) is 21.5. The maximum absolute atomic E-state index is 5.85. The zero-order valence-corrected chi connectivity index (χ0v) is 21.1. The van der Waals surface area contributed by atoms with E-state index in [2.05, 4.69) is 41.5 Å². The van der Waals surface area contributed by atoms with Crippen molar-refractivity contribution in [3.05, 3.63) is 23.3 Å². The Kier molecular flexibility index (Phi) is 9.96. The van der Waals surface area contributed by atoms with E-state index in [1.54, 1.807) is 14.2 Å². The van der Waals surface area contributed by atoms with Crippen LogP contribution in [0.4, 0.5) is 0 Å². The number of nitrogens with zero attached hydrogens (tertiary/aromatic N) is 2. The molecule has 30 heavy (non-hydrogen) atoms. The van der Waals surface area contributed by atoms with Crippen LogP contribution in [0.1, 0.15) is 37.8 Å². The molecule has 0 spiro atoms. The molecule has 170 valence electrons. The van der Waals surface area contributed by atoms with Crippen LogP contribution in [0.5, 0.6) is 11.5 Å². The van der Waals surface area contributed by atoms with Crippen LogP contribution in [-0.4, -0.2) is 70.0 Å². The van der Waals surface area contributed by atoms with Crippen LogP contribution in [0.2, 0.25) is 0 Å². The van der Waals surface area contributed by atoms with Crippen molar-refractivity contribution in [3.8, 4) is 11.5 Å². The molecule has 2 aliphatic rings. The van der Waals surface area contributed by atoms with E-state index in [0.29, 0.717) is 6.54 Å². The highest BCUT2D eigenvalue weighted by atomic mass is 127. The molecule has 0 aromatic heterocycles. The van der Waals surface area contributed by atoms with Crippen molar-refractivity contribution in [2.75, 3.05) is 53.6 Å². The molecule has 1 atom stereocenters. The fraction of sp³-hybridized carbons (Fsp3) is 0.682. The molecule has 1 aromatic carbocycles. The molecule has 3 rings (SSSR count). The third-order valence-corrected chi connectivity index (χ3v) is 5.73. The molecule has 8 heteroatoms. The first-order chi connectivity index (χ1) is 14.1. The number of aliphatic imine (C=N–C) groups is 1. The summed E-state index contributed by atoms with van der Waals surface area (Å²) in [5.41, 5.74) is 2.56. The predicted octanol–water partition coefficient (Wildman–Crippen LogP) is 2.80. The number of nitrogens with one attached hydrogen (secondary N) is 2. The van der Waals surface area contributed by atoms with Crippen molar-refractivity contribution >= 4 is 29.9 Å². The molecule has 0 radical (unpaired) electrons. The van der Waals surface area contributed by atoms with Gasteiger partial charge >= 0.3 is 0 Å². The Morgan fingerprint density at radius 3 is 2.57 bits per heavy atom. The molecule has 0 aliphatic carbocycles. The van der Waals surface area contributed by atoms with Gasteiger partial charge in [0, 0.05) is 39.3 Å². The topological polar surface area (TPSA) is 67.4 Å². The highest BCUT2D eigenvalue weighted by molar-refractivity contribution is 14.0. The summed E-state index contributed by atoms with van der Waals surface area (Å²) in [6.07, 6.45) is 3.24. The van der Waals surface area contributed by atoms with E-state index in [4.69, 9.17) is 19.2 Å². The number of hydrogen-bond donors (Lipinski definition) is 2. The molecule has 2 heterocycles. The SMILES string of the molecule is CCNC(=NCC1(C)CCCO1)NCCN1CCc2cc(OC)c(OC)cc2C1.I. The molecule has 2 N–H and O–H groups in total. The van der Waals surface area contributed by atoms with Crippen LogP contribution in [-0.2, 0) is 17.7 Å². The van der Waals surface area contributed by atoms with Crippen LogP contribution in [0, 0.1) is 0 Å². The molecule has 1 aromatic rings. The van der Waals surface area contributed by atoms with Gasteiger partial charge in [0.05, 0.1) is 26.4 Å². The highest BCUT2D eigenvalue weighted by Crippen LogP contribution is 2.33. The Balaban J connectivity index is 0.00000320. The van der Waals surface area contributed by atoms with Crippen molar-refractivity contribution in [2.24, 2.45) is 4.99 Å². The van der Waals surface area contributed by atoms with Crippen molar-refractivity contribution in [1.82, 2.24) is 15.5 Å². The van der Waals surface area contributed by atoms with Gasteiger partial charge in [-0.25, -0.2) is 0 Å². The zero-order valence-electron chi connectivity index (χ0n) is 18.8. The summed E-state index contributed by atoms with van der Waals surface area (Å²) in [5, 5.41) is 6.81. The summed E-state index contributed by atoms with van der Waals surface area (Å²) in [7, 11) is 3.38. The molecule has 1 fully saturated rings. The van der Waals surface area contributed by atoms with Gasteiger partial charge in [-0.15, -0.1) is 24.0 Å². The van der Waals surface area contributed by atoms with E-state index < -0.39 is 0 Å². The second-order valence-electron chi connectivity index (χ2n) is 8.03.